The Balaban J connectivity index is 2.12. The quantitative estimate of drug-likeness (QED) is 0.539. The van der Waals surface area contributed by atoms with Gasteiger partial charge < -0.3 is 14.2 Å². The van der Waals surface area contributed by atoms with Crippen molar-refractivity contribution in [2.24, 2.45) is 5.10 Å². The summed E-state index contributed by atoms with van der Waals surface area (Å²) in [5, 5.41) is 4.39. The van der Waals surface area contributed by atoms with Gasteiger partial charge in [-0.05, 0) is 49.2 Å². The number of methoxy groups -OCH3 is 2. The summed E-state index contributed by atoms with van der Waals surface area (Å²) < 4.78 is 16.3. The van der Waals surface area contributed by atoms with E-state index < -0.39 is 0 Å². The van der Waals surface area contributed by atoms with Crippen LogP contribution in [0, 0.1) is 0 Å². The molecular weight excluding hydrogens is 368 g/mol. The number of ether oxygens (including phenoxy) is 3. The van der Waals surface area contributed by atoms with Crippen LogP contribution in [0.1, 0.15) is 36.2 Å². The van der Waals surface area contributed by atoms with Crippen LogP contribution in [0.25, 0.3) is 0 Å². The third-order valence-electron chi connectivity index (χ3n) is 3.86. The van der Waals surface area contributed by atoms with Gasteiger partial charge in [-0.2, -0.15) is 5.10 Å². The number of hydrogen-bond acceptors (Lipinski definition) is 5. The lowest BCUT2D eigenvalue weighted by atomic mass is 10.2. The molecule has 0 unspecified atom stereocenters. The molecule has 0 aliphatic carbocycles. The van der Waals surface area contributed by atoms with Crippen LogP contribution in [0.5, 0.6) is 17.2 Å². The van der Waals surface area contributed by atoms with Crippen molar-refractivity contribution in [2.75, 3.05) is 14.2 Å². The Hall–Kier alpha value is -2.73. The fourth-order valence-electron chi connectivity index (χ4n) is 2.21. The molecule has 7 heteroatoms. The zero-order chi connectivity index (χ0) is 19.8. The standard InChI is InChI=1S/C20H23ClN2O4/c1-5-13(2)27-19-17(21)9-14(10-18(19)26-4)12-22-23-20(24)15-7-6-8-16(11-15)25-3/h6-13H,5H2,1-4H3,(H,23,24)/b22-12-/t13-/m0/s1. The van der Waals surface area contributed by atoms with Gasteiger partial charge >= 0.3 is 0 Å². The summed E-state index contributed by atoms with van der Waals surface area (Å²) in [6.07, 6.45) is 2.34. The predicted molar refractivity (Wildman–Crippen MR) is 106 cm³/mol. The molecule has 1 N–H and O–H groups in total. The van der Waals surface area contributed by atoms with Gasteiger partial charge in [0.1, 0.15) is 5.75 Å². The minimum atomic E-state index is -0.347. The first kappa shape index (κ1) is 20.6. The molecular formula is C20H23ClN2O4. The largest absolute Gasteiger partial charge is 0.497 e. The Labute approximate surface area is 164 Å². The molecule has 0 heterocycles. The number of rotatable bonds is 8. The van der Waals surface area contributed by atoms with Crippen LogP contribution in [-0.2, 0) is 0 Å². The number of carbonyl (C=O) groups excluding carboxylic acids is 1. The topological polar surface area (TPSA) is 69.2 Å². The van der Waals surface area contributed by atoms with Crippen molar-refractivity contribution in [3.8, 4) is 17.2 Å². The van der Waals surface area contributed by atoms with E-state index in [0.29, 0.717) is 33.4 Å². The summed E-state index contributed by atoms with van der Waals surface area (Å²) in [6, 6.07) is 10.2. The van der Waals surface area contributed by atoms with Crippen molar-refractivity contribution in [1.29, 1.82) is 0 Å². The fourth-order valence-corrected chi connectivity index (χ4v) is 2.47. The molecule has 0 saturated carbocycles. The lowest BCUT2D eigenvalue weighted by molar-refractivity contribution is 0.0955. The number of nitrogens with zero attached hydrogens (tertiary/aromatic N) is 1. The first-order chi connectivity index (χ1) is 13.0. The molecule has 2 rings (SSSR count). The highest BCUT2D eigenvalue weighted by Crippen LogP contribution is 2.37. The molecule has 0 spiro atoms. The van der Waals surface area contributed by atoms with Crippen LogP contribution >= 0.6 is 11.6 Å². The lowest BCUT2D eigenvalue weighted by Crippen LogP contribution is -2.17. The summed E-state index contributed by atoms with van der Waals surface area (Å²) in [5.74, 6) is 1.24. The zero-order valence-electron chi connectivity index (χ0n) is 15.8. The van der Waals surface area contributed by atoms with E-state index in [-0.39, 0.29) is 12.0 Å². The minimum absolute atomic E-state index is 0.0121. The summed E-state index contributed by atoms with van der Waals surface area (Å²) in [7, 11) is 3.08. The highest BCUT2D eigenvalue weighted by Gasteiger charge is 2.14. The van der Waals surface area contributed by atoms with Crippen molar-refractivity contribution in [2.45, 2.75) is 26.4 Å². The molecule has 0 aromatic heterocycles. The monoisotopic (exact) mass is 390 g/mol. The Kier molecular flexibility index (Phi) is 7.49. The maximum atomic E-state index is 12.2. The van der Waals surface area contributed by atoms with Gasteiger partial charge in [0.15, 0.2) is 11.5 Å². The number of hydrazone groups is 1. The van der Waals surface area contributed by atoms with Crippen LogP contribution in [0.3, 0.4) is 0 Å². The lowest BCUT2D eigenvalue weighted by Gasteiger charge is -2.17. The highest BCUT2D eigenvalue weighted by molar-refractivity contribution is 6.32. The van der Waals surface area contributed by atoms with E-state index in [4.69, 9.17) is 25.8 Å². The van der Waals surface area contributed by atoms with E-state index in [2.05, 4.69) is 10.5 Å². The third-order valence-corrected chi connectivity index (χ3v) is 4.14. The van der Waals surface area contributed by atoms with Gasteiger partial charge in [0.25, 0.3) is 5.91 Å². The molecule has 1 amide bonds. The SMILES string of the molecule is CC[C@H](C)Oc1c(Cl)cc(/C=N\NC(=O)c2cccc(OC)c2)cc1OC. The average molecular weight is 391 g/mol. The second-order valence-electron chi connectivity index (χ2n) is 5.80. The van der Waals surface area contributed by atoms with Gasteiger partial charge in [0.05, 0.1) is 31.6 Å². The number of halogens is 1. The minimum Gasteiger partial charge on any atom is -0.497 e. The van der Waals surface area contributed by atoms with E-state index in [9.17, 15) is 4.79 Å². The first-order valence-corrected chi connectivity index (χ1v) is 8.87. The van der Waals surface area contributed by atoms with Crippen LogP contribution in [-0.4, -0.2) is 32.4 Å². The number of nitrogens with one attached hydrogen (secondary N) is 1. The summed E-state index contributed by atoms with van der Waals surface area (Å²) in [5.41, 5.74) is 3.58. The number of carbonyl (C=O) groups is 1. The molecule has 2 aromatic rings. The molecule has 0 aliphatic heterocycles. The Bertz CT molecular complexity index is 824. The van der Waals surface area contributed by atoms with Crippen molar-refractivity contribution in [1.82, 2.24) is 5.43 Å². The van der Waals surface area contributed by atoms with Crippen molar-refractivity contribution >= 4 is 23.7 Å². The highest BCUT2D eigenvalue weighted by atomic mass is 35.5. The summed E-state index contributed by atoms with van der Waals surface area (Å²) in [6.45, 7) is 3.98. The van der Waals surface area contributed by atoms with Crippen molar-refractivity contribution < 1.29 is 19.0 Å². The maximum absolute atomic E-state index is 12.2. The zero-order valence-corrected chi connectivity index (χ0v) is 16.5. The van der Waals surface area contributed by atoms with Crippen LogP contribution < -0.4 is 19.6 Å². The van der Waals surface area contributed by atoms with Crippen LogP contribution in [0.2, 0.25) is 5.02 Å². The van der Waals surface area contributed by atoms with Crippen LogP contribution in [0.15, 0.2) is 41.5 Å². The fraction of sp³-hybridized carbons (Fsp3) is 0.300. The summed E-state index contributed by atoms with van der Waals surface area (Å²) >= 11 is 6.32. The number of benzene rings is 2. The van der Waals surface area contributed by atoms with E-state index in [1.165, 1.54) is 6.21 Å². The van der Waals surface area contributed by atoms with Gasteiger partial charge in [0.2, 0.25) is 0 Å². The van der Waals surface area contributed by atoms with E-state index >= 15 is 0 Å². The Morgan fingerprint density at radius 2 is 2.04 bits per heavy atom. The van der Waals surface area contributed by atoms with Gasteiger partial charge in [-0.1, -0.05) is 24.6 Å². The number of amides is 1. The van der Waals surface area contributed by atoms with Crippen LogP contribution in [0.4, 0.5) is 0 Å². The van der Waals surface area contributed by atoms with E-state index in [0.717, 1.165) is 6.42 Å². The molecule has 144 valence electrons. The third kappa shape index (κ3) is 5.62. The second kappa shape index (κ2) is 9.83. The molecule has 6 nitrogen and oxygen atoms in total. The van der Waals surface area contributed by atoms with Gasteiger partial charge in [-0.25, -0.2) is 5.43 Å². The molecule has 0 radical (unpaired) electrons. The van der Waals surface area contributed by atoms with Gasteiger partial charge in [0, 0.05) is 5.56 Å². The maximum Gasteiger partial charge on any atom is 0.271 e. The predicted octanol–water partition coefficient (Wildman–Crippen LogP) is 4.30. The molecule has 27 heavy (non-hydrogen) atoms. The smallest absolute Gasteiger partial charge is 0.271 e. The molecule has 0 fully saturated rings. The average Bonchev–Trinajstić information content (AvgIpc) is 2.69. The Morgan fingerprint density at radius 3 is 2.70 bits per heavy atom. The first-order valence-electron chi connectivity index (χ1n) is 8.50. The van der Waals surface area contributed by atoms with Gasteiger partial charge in [-0.15, -0.1) is 0 Å². The molecule has 2 aromatic carbocycles. The van der Waals surface area contributed by atoms with Crippen molar-refractivity contribution in [3.05, 3.63) is 52.5 Å². The second-order valence-corrected chi connectivity index (χ2v) is 6.21. The van der Waals surface area contributed by atoms with E-state index in [1.54, 1.807) is 50.6 Å². The molecule has 1 atom stereocenters. The molecule has 0 saturated heterocycles. The van der Waals surface area contributed by atoms with Crippen molar-refractivity contribution in [3.63, 3.8) is 0 Å². The van der Waals surface area contributed by atoms with Gasteiger partial charge in [-0.3, -0.25) is 4.79 Å². The normalized spacial score (nSPS) is 11.9. The summed E-state index contributed by atoms with van der Waals surface area (Å²) in [4.78, 5) is 12.2. The molecule has 0 bridgehead atoms. The number of hydrogen-bond donors (Lipinski definition) is 1. The Morgan fingerprint density at radius 1 is 1.26 bits per heavy atom. The van der Waals surface area contributed by atoms with E-state index in [1.807, 2.05) is 13.8 Å². The molecule has 0 aliphatic rings.